The van der Waals surface area contributed by atoms with Crippen molar-refractivity contribution in [3.05, 3.63) is 0 Å². The molecule has 3 aliphatic rings. The van der Waals surface area contributed by atoms with Gasteiger partial charge in [0.05, 0.1) is 6.54 Å². The molecule has 1 saturated carbocycles. The Morgan fingerprint density at radius 1 is 1.38 bits per heavy atom. The Hall–Kier alpha value is -0.480. The SMILES string of the molecule is Cl.O=C1OC2(CCNCC2)CN1CC1CC1. The van der Waals surface area contributed by atoms with Crippen LogP contribution in [0.4, 0.5) is 4.79 Å². The molecule has 0 aromatic heterocycles. The van der Waals surface area contributed by atoms with Gasteiger partial charge in [0.2, 0.25) is 0 Å². The van der Waals surface area contributed by atoms with Gasteiger partial charge in [-0.15, -0.1) is 12.4 Å². The van der Waals surface area contributed by atoms with E-state index in [2.05, 4.69) is 5.32 Å². The summed E-state index contributed by atoms with van der Waals surface area (Å²) in [7, 11) is 0. The van der Waals surface area contributed by atoms with E-state index >= 15 is 0 Å². The maximum atomic E-state index is 11.7. The van der Waals surface area contributed by atoms with Crippen molar-refractivity contribution >= 4 is 18.5 Å². The summed E-state index contributed by atoms with van der Waals surface area (Å²) in [4.78, 5) is 13.6. The van der Waals surface area contributed by atoms with Crippen LogP contribution in [0.1, 0.15) is 25.7 Å². The van der Waals surface area contributed by atoms with Gasteiger partial charge < -0.3 is 15.0 Å². The number of carbonyl (C=O) groups excluding carboxylic acids is 1. The first-order valence-corrected chi connectivity index (χ1v) is 5.96. The number of nitrogens with zero attached hydrogens (tertiary/aromatic N) is 1. The lowest BCUT2D eigenvalue weighted by molar-refractivity contribution is 0.0316. The highest BCUT2D eigenvalue weighted by Crippen LogP contribution is 2.35. The van der Waals surface area contributed by atoms with Crippen molar-refractivity contribution in [2.75, 3.05) is 26.2 Å². The van der Waals surface area contributed by atoms with Crippen molar-refractivity contribution in [2.45, 2.75) is 31.3 Å². The predicted molar refractivity (Wildman–Crippen MR) is 62.9 cm³/mol. The van der Waals surface area contributed by atoms with Crippen LogP contribution in [-0.2, 0) is 4.74 Å². The number of amides is 1. The molecular weight excluding hydrogens is 228 g/mol. The van der Waals surface area contributed by atoms with E-state index in [0.717, 1.165) is 44.9 Å². The third-order valence-corrected chi connectivity index (χ3v) is 3.73. The molecule has 3 fully saturated rings. The fourth-order valence-electron chi connectivity index (χ4n) is 2.59. The molecule has 3 rings (SSSR count). The number of hydrogen-bond acceptors (Lipinski definition) is 3. The second-order valence-corrected chi connectivity index (χ2v) is 5.12. The van der Waals surface area contributed by atoms with Crippen molar-refractivity contribution in [3.8, 4) is 0 Å². The number of halogens is 1. The zero-order valence-corrected chi connectivity index (χ0v) is 10.2. The Labute approximate surface area is 102 Å². The Kier molecular flexibility index (Phi) is 3.31. The van der Waals surface area contributed by atoms with Gasteiger partial charge in [-0.25, -0.2) is 4.79 Å². The standard InChI is InChI=1S/C11H18N2O2.ClH/c14-10-13(7-9-1-2-9)8-11(15-10)3-5-12-6-4-11;/h9,12H,1-8H2;1H. The van der Waals surface area contributed by atoms with Crippen LogP contribution >= 0.6 is 12.4 Å². The highest BCUT2D eigenvalue weighted by Gasteiger charge is 2.46. The average molecular weight is 247 g/mol. The van der Waals surface area contributed by atoms with E-state index in [-0.39, 0.29) is 24.1 Å². The molecule has 5 heteroatoms. The molecule has 0 radical (unpaired) electrons. The minimum atomic E-state index is -0.156. The molecule has 0 aromatic rings. The van der Waals surface area contributed by atoms with E-state index in [1.54, 1.807) is 0 Å². The summed E-state index contributed by atoms with van der Waals surface area (Å²) < 4.78 is 5.58. The molecule has 0 aromatic carbocycles. The largest absolute Gasteiger partial charge is 0.441 e. The highest BCUT2D eigenvalue weighted by molar-refractivity contribution is 5.85. The van der Waals surface area contributed by atoms with E-state index in [1.807, 2.05) is 4.90 Å². The molecule has 16 heavy (non-hydrogen) atoms. The molecule has 4 nitrogen and oxygen atoms in total. The minimum Gasteiger partial charge on any atom is -0.441 e. The lowest BCUT2D eigenvalue weighted by Gasteiger charge is -2.31. The normalized spacial score (nSPS) is 27.8. The van der Waals surface area contributed by atoms with Gasteiger partial charge in [-0.2, -0.15) is 0 Å². The van der Waals surface area contributed by atoms with Crippen LogP contribution in [-0.4, -0.2) is 42.8 Å². The summed E-state index contributed by atoms with van der Waals surface area (Å²) in [6, 6.07) is 0. The third kappa shape index (κ3) is 2.28. The van der Waals surface area contributed by atoms with E-state index in [9.17, 15) is 4.79 Å². The van der Waals surface area contributed by atoms with Gasteiger partial charge in [-0.3, -0.25) is 0 Å². The quantitative estimate of drug-likeness (QED) is 0.801. The van der Waals surface area contributed by atoms with Crippen molar-refractivity contribution in [2.24, 2.45) is 5.92 Å². The van der Waals surface area contributed by atoms with Gasteiger partial charge in [0, 0.05) is 19.4 Å². The Balaban J connectivity index is 0.000000963. The molecule has 2 saturated heterocycles. The number of piperidine rings is 1. The zero-order chi connectivity index (χ0) is 10.3. The molecule has 1 aliphatic carbocycles. The molecule has 1 spiro atoms. The molecule has 92 valence electrons. The topological polar surface area (TPSA) is 41.6 Å². The van der Waals surface area contributed by atoms with E-state index in [0.29, 0.717) is 0 Å². The van der Waals surface area contributed by atoms with Crippen LogP contribution in [0.5, 0.6) is 0 Å². The molecule has 2 aliphatic heterocycles. The first kappa shape index (κ1) is 12.0. The fraction of sp³-hybridized carbons (Fsp3) is 0.909. The lowest BCUT2D eigenvalue weighted by Crippen LogP contribution is -2.45. The second-order valence-electron chi connectivity index (χ2n) is 5.12. The smallest absolute Gasteiger partial charge is 0.410 e. The first-order chi connectivity index (χ1) is 7.27. The molecule has 0 unspecified atom stereocenters. The summed E-state index contributed by atoms with van der Waals surface area (Å²) in [5.41, 5.74) is -0.156. The van der Waals surface area contributed by atoms with Crippen LogP contribution in [0.25, 0.3) is 0 Å². The van der Waals surface area contributed by atoms with Gasteiger partial charge >= 0.3 is 6.09 Å². The summed E-state index contributed by atoms with van der Waals surface area (Å²) in [6.45, 7) is 3.70. The number of nitrogens with one attached hydrogen (secondary N) is 1. The van der Waals surface area contributed by atoms with Crippen molar-refractivity contribution in [1.82, 2.24) is 10.2 Å². The zero-order valence-electron chi connectivity index (χ0n) is 9.41. The molecule has 1 amide bonds. The van der Waals surface area contributed by atoms with Crippen LogP contribution < -0.4 is 5.32 Å². The molecule has 0 atom stereocenters. The van der Waals surface area contributed by atoms with Gasteiger partial charge in [-0.05, 0) is 31.8 Å². The maximum Gasteiger partial charge on any atom is 0.410 e. The third-order valence-electron chi connectivity index (χ3n) is 3.73. The van der Waals surface area contributed by atoms with E-state index in [4.69, 9.17) is 4.74 Å². The van der Waals surface area contributed by atoms with Crippen LogP contribution in [0.15, 0.2) is 0 Å². The van der Waals surface area contributed by atoms with Crippen molar-refractivity contribution in [3.63, 3.8) is 0 Å². The number of hydrogen-bond donors (Lipinski definition) is 1. The monoisotopic (exact) mass is 246 g/mol. The summed E-state index contributed by atoms with van der Waals surface area (Å²) in [6.07, 6.45) is 4.44. The lowest BCUT2D eigenvalue weighted by atomic mass is 9.92. The molecule has 1 N–H and O–H groups in total. The molecule has 0 bridgehead atoms. The average Bonchev–Trinajstić information content (AvgIpc) is 2.97. The van der Waals surface area contributed by atoms with Crippen molar-refractivity contribution in [1.29, 1.82) is 0 Å². The van der Waals surface area contributed by atoms with Crippen LogP contribution in [0.3, 0.4) is 0 Å². The fourth-order valence-corrected chi connectivity index (χ4v) is 2.59. The Bertz CT molecular complexity index is 275. The molecule has 2 heterocycles. The number of ether oxygens (including phenoxy) is 1. The number of carbonyl (C=O) groups is 1. The summed E-state index contributed by atoms with van der Waals surface area (Å²) in [5, 5.41) is 3.31. The Morgan fingerprint density at radius 2 is 2.06 bits per heavy atom. The maximum absolute atomic E-state index is 11.7. The van der Waals surface area contributed by atoms with Gasteiger partial charge in [-0.1, -0.05) is 0 Å². The molecular formula is C11H19ClN2O2. The van der Waals surface area contributed by atoms with Crippen LogP contribution in [0, 0.1) is 5.92 Å². The van der Waals surface area contributed by atoms with Crippen molar-refractivity contribution < 1.29 is 9.53 Å². The second kappa shape index (κ2) is 4.41. The van der Waals surface area contributed by atoms with E-state index < -0.39 is 0 Å². The van der Waals surface area contributed by atoms with Gasteiger partial charge in [0.15, 0.2) is 0 Å². The summed E-state index contributed by atoms with van der Waals surface area (Å²) in [5.74, 6) is 0.759. The van der Waals surface area contributed by atoms with Gasteiger partial charge in [0.1, 0.15) is 5.60 Å². The highest BCUT2D eigenvalue weighted by atomic mass is 35.5. The summed E-state index contributed by atoms with van der Waals surface area (Å²) >= 11 is 0. The predicted octanol–water partition coefficient (Wildman–Crippen LogP) is 1.39. The first-order valence-electron chi connectivity index (χ1n) is 5.96. The minimum absolute atomic E-state index is 0. The Morgan fingerprint density at radius 3 is 2.69 bits per heavy atom. The van der Waals surface area contributed by atoms with Gasteiger partial charge in [0.25, 0.3) is 0 Å². The number of rotatable bonds is 2. The van der Waals surface area contributed by atoms with Crippen LogP contribution in [0.2, 0.25) is 0 Å². The van der Waals surface area contributed by atoms with E-state index in [1.165, 1.54) is 12.8 Å².